The van der Waals surface area contributed by atoms with E-state index in [0.29, 0.717) is 12.5 Å². The quantitative estimate of drug-likeness (QED) is 0.897. The summed E-state index contributed by atoms with van der Waals surface area (Å²) in [6.45, 7) is 3.50. The van der Waals surface area contributed by atoms with E-state index >= 15 is 0 Å². The maximum atomic E-state index is 8.94. The van der Waals surface area contributed by atoms with Crippen LogP contribution in [0, 0.1) is 5.92 Å². The standard InChI is InChI=1S/C12H17N3OS/c16-5-2-10-1-3-14(7-10)8-11-9-15-4-6-17-12(15)13-11/h4,6,9-10,16H,1-3,5,7-8H2. The summed E-state index contributed by atoms with van der Waals surface area (Å²) in [5.74, 6) is 0.670. The predicted molar refractivity (Wildman–Crippen MR) is 68.2 cm³/mol. The third-order valence-electron chi connectivity index (χ3n) is 3.44. The summed E-state index contributed by atoms with van der Waals surface area (Å²) in [6, 6.07) is 0. The van der Waals surface area contributed by atoms with Crippen molar-refractivity contribution in [2.24, 2.45) is 5.92 Å². The third-order valence-corrected chi connectivity index (χ3v) is 4.21. The first-order chi connectivity index (χ1) is 8.35. The Hall–Kier alpha value is -0.910. The molecular weight excluding hydrogens is 234 g/mol. The van der Waals surface area contributed by atoms with Crippen LogP contribution in [-0.4, -0.2) is 39.1 Å². The molecule has 1 aliphatic heterocycles. The lowest BCUT2D eigenvalue weighted by molar-refractivity contribution is 0.249. The highest BCUT2D eigenvalue weighted by atomic mass is 32.1. The van der Waals surface area contributed by atoms with Crippen molar-refractivity contribution < 1.29 is 5.11 Å². The van der Waals surface area contributed by atoms with Crippen molar-refractivity contribution in [1.82, 2.24) is 14.3 Å². The zero-order valence-electron chi connectivity index (χ0n) is 9.75. The number of likely N-dealkylation sites (tertiary alicyclic amines) is 1. The Morgan fingerprint density at radius 2 is 2.47 bits per heavy atom. The predicted octanol–water partition coefficient (Wildman–Crippen LogP) is 1.60. The van der Waals surface area contributed by atoms with Crippen LogP contribution in [0.2, 0.25) is 0 Å². The van der Waals surface area contributed by atoms with Crippen molar-refractivity contribution in [2.75, 3.05) is 19.7 Å². The average Bonchev–Trinajstić information content (AvgIpc) is 2.95. The minimum absolute atomic E-state index is 0.318. The number of rotatable bonds is 4. The van der Waals surface area contributed by atoms with Gasteiger partial charge in [0.05, 0.1) is 5.69 Å². The molecule has 17 heavy (non-hydrogen) atoms. The maximum Gasteiger partial charge on any atom is 0.193 e. The highest BCUT2D eigenvalue weighted by Gasteiger charge is 2.22. The molecule has 4 nitrogen and oxygen atoms in total. The Bertz CT molecular complexity index is 464. The summed E-state index contributed by atoms with van der Waals surface area (Å²) in [4.78, 5) is 8.11. The van der Waals surface area contributed by atoms with Gasteiger partial charge < -0.3 is 5.11 Å². The molecule has 0 amide bonds. The Morgan fingerprint density at radius 3 is 3.29 bits per heavy atom. The minimum atomic E-state index is 0.318. The zero-order chi connectivity index (χ0) is 11.7. The molecule has 92 valence electrons. The van der Waals surface area contributed by atoms with Crippen LogP contribution >= 0.6 is 11.3 Å². The lowest BCUT2D eigenvalue weighted by atomic mass is 10.1. The number of aliphatic hydroxyl groups excluding tert-OH is 1. The molecule has 1 unspecified atom stereocenters. The number of aromatic nitrogens is 2. The largest absolute Gasteiger partial charge is 0.396 e. The van der Waals surface area contributed by atoms with Gasteiger partial charge in [-0.3, -0.25) is 9.30 Å². The number of aliphatic hydroxyl groups is 1. The monoisotopic (exact) mass is 251 g/mol. The lowest BCUT2D eigenvalue weighted by Gasteiger charge is -2.13. The van der Waals surface area contributed by atoms with Gasteiger partial charge in [-0.05, 0) is 25.3 Å². The van der Waals surface area contributed by atoms with Crippen molar-refractivity contribution in [3.63, 3.8) is 0 Å². The first-order valence-electron chi connectivity index (χ1n) is 6.09. The molecule has 5 heteroatoms. The second-order valence-electron chi connectivity index (χ2n) is 4.73. The molecule has 3 rings (SSSR count). The molecule has 1 fully saturated rings. The second-order valence-corrected chi connectivity index (χ2v) is 5.60. The fourth-order valence-corrected chi connectivity index (χ4v) is 3.27. The first kappa shape index (κ1) is 11.2. The maximum absolute atomic E-state index is 8.94. The van der Waals surface area contributed by atoms with Crippen molar-refractivity contribution in [3.05, 3.63) is 23.5 Å². The van der Waals surface area contributed by atoms with E-state index in [1.54, 1.807) is 11.3 Å². The highest BCUT2D eigenvalue weighted by Crippen LogP contribution is 2.21. The van der Waals surface area contributed by atoms with Gasteiger partial charge in [0.15, 0.2) is 4.96 Å². The Morgan fingerprint density at radius 1 is 1.53 bits per heavy atom. The minimum Gasteiger partial charge on any atom is -0.396 e. The van der Waals surface area contributed by atoms with Gasteiger partial charge in [-0.15, -0.1) is 11.3 Å². The SMILES string of the molecule is OCCC1CCN(Cc2cn3ccsc3n2)C1. The van der Waals surface area contributed by atoms with E-state index in [4.69, 9.17) is 5.11 Å². The lowest BCUT2D eigenvalue weighted by Crippen LogP contribution is -2.20. The molecule has 0 aliphatic carbocycles. The van der Waals surface area contributed by atoms with Crippen molar-refractivity contribution in [1.29, 1.82) is 0 Å². The summed E-state index contributed by atoms with van der Waals surface area (Å²) in [6.07, 6.45) is 6.32. The summed E-state index contributed by atoms with van der Waals surface area (Å²) in [5.41, 5.74) is 1.15. The average molecular weight is 251 g/mol. The van der Waals surface area contributed by atoms with Crippen LogP contribution < -0.4 is 0 Å². The van der Waals surface area contributed by atoms with Gasteiger partial charge in [0, 0.05) is 37.5 Å². The number of imidazole rings is 1. The summed E-state index contributed by atoms with van der Waals surface area (Å²) in [7, 11) is 0. The van der Waals surface area contributed by atoms with Crippen LogP contribution in [0.5, 0.6) is 0 Å². The van der Waals surface area contributed by atoms with Gasteiger partial charge in [-0.1, -0.05) is 0 Å². The molecule has 1 atom stereocenters. The van der Waals surface area contributed by atoms with Crippen molar-refractivity contribution in [3.8, 4) is 0 Å². The van der Waals surface area contributed by atoms with E-state index in [-0.39, 0.29) is 0 Å². The molecule has 0 radical (unpaired) electrons. The van der Waals surface area contributed by atoms with E-state index in [9.17, 15) is 0 Å². The number of hydrogen-bond donors (Lipinski definition) is 1. The van der Waals surface area contributed by atoms with Gasteiger partial charge in [0.25, 0.3) is 0 Å². The smallest absolute Gasteiger partial charge is 0.193 e. The van der Waals surface area contributed by atoms with E-state index in [1.807, 2.05) is 0 Å². The van der Waals surface area contributed by atoms with Gasteiger partial charge in [0.1, 0.15) is 0 Å². The van der Waals surface area contributed by atoms with Crippen LogP contribution in [0.15, 0.2) is 17.8 Å². The zero-order valence-corrected chi connectivity index (χ0v) is 10.6. The topological polar surface area (TPSA) is 40.8 Å². The fourth-order valence-electron chi connectivity index (χ4n) is 2.56. The Balaban J connectivity index is 1.62. The molecule has 1 saturated heterocycles. The Kier molecular flexibility index (Phi) is 3.13. The fraction of sp³-hybridized carbons (Fsp3) is 0.583. The second kappa shape index (κ2) is 4.76. The molecular formula is C12H17N3OS. The van der Waals surface area contributed by atoms with Gasteiger partial charge in [-0.2, -0.15) is 0 Å². The molecule has 0 spiro atoms. The molecule has 1 aliphatic rings. The van der Waals surface area contributed by atoms with E-state index in [1.165, 1.54) is 6.42 Å². The number of thiazole rings is 1. The molecule has 2 aromatic rings. The first-order valence-corrected chi connectivity index (χ1v) is 6.97. The van der Waals surface area contributed by atoms with Crippen molar-refractivity contribution in [2.45, 2.75) is 19.4 Å². The van der Waals surface area contributed by atoms with Crippen LogP contribution in [0.4, 0.5) is 0 Å². The van der Waals surface area contributed by atoms with Gasteiger partial charge in [-0.25, -0.2) is 4.98 Å². The van der Waals surface area contributed by atoms with Gasteiger partial charge in [0.2, 0.25) is 0 Å². The summed E-state index contributed by atoms with van der Waals surface area (Å²) < 4.78 is 2.08. The van der Waals surface area contributed by atoms with Crippen LogP contribution in [0.1, 0.15) is 18.5 Å². The molecule has 3 heterocycles. The summed E-state index contributed by atoms with van der Waals surface area (Å²) >= 11 is 1.68. The van der Waals surface area contributed by atoms with E-state index < -0.39 is 0 Å². The molecule has 2 aromatic heterocycles. The molecule has 0 saturated carbocycles. The molecule has 0 aromatic carbocycles. The number of hydrogen-bond acceptors (Lipinski definition) is 4. The molecule has 1 N–H and O–H groups in total. The van der Waals surface area contributed by atoms with Gasteiger partial charge >= 0.3 is 0 Å². The van der Waals surface area contributed by atoms with Crippen LogP contribution in [0.25, 0.3) is 4.96 Å². The van der Waals surface area contributed by atoms with E-state index in [0.717, 1.165) is 36.7 Å². The highest BCUT2D eigenvalue weighted by molar-refractivity contribution is 7.15. The third kappa shape index (κ3) is 2.36. The normalized spacial score (nSPS) is 21.6. The Labute approximate surface area is 105 Å². The molecule has 0 bridgehead atoms. The van der Waals surface area contributed by atoms with Crippen LogP contribution in [0.3, 0.4) is 0 Å². The number of nitrogens with zero attached hydrogens (tertiary/aromatic N) is 3. The number of fused-ring (bicyclic) bond motifs is 1. The summed E-state index contributed by atoms with van der Waals surface area (Å²) in [5, 5.41) is 11.0. The van der Waals surface area contributed by atoms with Crippen molar-refractivity contribution >= 4 is 16.3 Å². The van der Waals surface area contributed by atoms with Crippen LogP contribution in [-0.2, 0) is 6.54 Å². The van der Waals surface area contributed by atoms with E-state index in [2.05, 4.69) is 32.1 Å².